The quantitative estimate of drug-likeness (QED) is 0.120. The van der Waals surface area contributed by atoms with Crippen LogP contribution in [0.1, 0.15) is 78.1 Å². The summed E-state index contributed by atoms with van der Waals surface area (Å²) >= 11 is 0. The first kappa shape index (κ1) is 35.6. The number of fused-ring (bicyclic) bond motifs is 1. The van der Waals surface area contributed by atoms with Gasteiger partial charge in [0.15, 0.2) is 17.7 Å². The normalized spacial score (nSPS) is 31.0. The molecule has 2 aliphatic heterocycles. The third-order valence-corrected chi connectivity index (χ3v) is 8.68. The summed E-state index contributed by atoms with van der Waals surface area (Å²) in [5.41, 5.74) is -0.0881. The molecule has 0 spiro atoms. The average molecular weight is 608 g/mol. The molecule has 0 aromatic heterocycles. The lowest BCUT2D eigenvalue weighted by atomic mass is 9.80. The van der Waals surface area contributed by atoms with Gasteiger partial charge in [-0.2, -0.15) is 0 Å². The zero-order valence-corrected chi connectivity index (χ0v) is 26.7. The van der Waals surface area contributed by atoms with Crippen LogP contribution < -0.4 is 5.32 Å². The number of allylic oxidation sites excluding steroid dienone is 1. The number of ether oxygens (including phenoxy) is 6. The SMILES string of the molecule is C=C(CCNC(=O)CC/C=C/C[C@H](CCCCCCC)OC)[C@]12O[C@H]1[C@H](O[C@H]1OC[C@H](OC)[C@@H](O)[C@@H]1OC)C=C(C)C2=O. The van der Waals surface area contributed by atoms with E-state index in [1.54, 1.807) is 20.1 Å². The van der Waals surface area contributed by atoms with Gasteiger partial charge >= 0.3 is 0 Å². The number of ketones is 1. The predicted molar refractivity (Wildman–Crippen MR) is 163 cm³/mol. The van der Waals surface area contributed by atoms with Crippen molar-refractivity contribution in [2.24, 2.45) is 0 Å². The highest BCUT2D eigenvalue weighted by atomic mass is 16.7. The number of methoxy groups -OCH3 is 3. The number of rotatable bonds is 20. The number of amides is 1. The van der Waals surface area contributed by atoms with Gasteiger partial charge in [-0.15, -0.1) is 0 Å². The molecule has 10 nitrogen and oxygen atoms in total. The van der Waals surface area contributed by atoms with Crippen LogP contribution in [-0.2, 0) is 38.0 Å². The van der Waals surface area contributed by atoms with E-state index in [1.807, 2.05) is 6.08 Å². The highest BCUT2D eigenvalue weighted by molar-refractivity contribution is 6.07. The summed E-state index contributed by atoms with van der Waals surface area (Å²) in [5, 5.41) is 13.5. The molecule has 0 bridgehead atoms. The molecule has 1 aliphatic carbocycles. The van der Waals surface area contributed by atoms with Gasteiger partial charge in [-0.05, 0) is 49.8 Å². The monoisotopic (exact) mass is 607 g/mol. The number of aliphatic hydroxyl groups excluding tert-OH is 1. The number of carbonyl (C=O) groups excluding carboxylic acids is 2. The van der Waals surface area contributed by atoms with Crippen LogP contribution in [0.4, 0.5) is 0 Å². The summed E-state index contributed by atoms with van der Waals surface area (Å²) in [4.78, 5) is 25.6. The lowest BCUT2D eigenvalue weighted by Gasteiger charge is -2.39. The summed E-state index contributed by atoms with van der Waals surface area (Å²) in [7, 11) is 4.73. The molecule has 10 heteroatoms. The fraction of sp³-hybridized carbons (Fsp3) is 0.758. The number of hydrogen-bond acceptors (Lipinski definition) is 9. The van der Waals surface area contributed by atoms with Crippen LogP contribution in [0.15, 0.2) is 36.0 Å². The van der Waals surface area contributed by atoms with Crippen molar-refractivity contribution in [1.82, 2.24) is 5.32 Å². The zero-order chi connectivity index (χ0) is 31.4. The van der Waals surface area contributed by atoms with Gasteiger partial charge in [0.25, 0.3) is 0 Å². The Morgan fingerprint density at radius 1 is 1.19 bits per heavy atom. The first-order chi connectivity index (χ1) is 20.7. The molecule has 3 aliphatic rings. The van der Waals surface area contributed by atoms with Crippen molar-refractivity contribution in [3.05, 3.63) is 36.0 Å². The minimum absolute atomic E-state index is 0.0531. The lowest BCUT2D eigenvalue weighted by Crippen LogP contribution is -2.56. The first-order valence-corrected chi connectivity index (χ1v) is 15.8. The zero-order valence-electron chi connectivity index (χ0n) is 26.7. The van der Waals surface area contributed by atoms with Crippen molar-refractivity contribution in [3.8, 4) is 0 Å². The summed E-state index contributed by atoms with van der Waals surface area (Å²) in [6.07, 6.45) is 11.4. The van der Waals surface area contributed by atoms with Gasteiger partial charge in [-0.1, -0.05) is 57.8 Å². The van der Waals surface area contributed by atoms with E-state index in [9.17, 15) is 14.7 Å². The number of hydrogen-bond donors (Lipinski definition) is 2. The Hall–Kier alpha value is -1.92. The highest BCUT2D eigenvalue weighted by Gasteiger charge is 2.69. The molecule has 2 fully saturated rings. The molecular formula is C33H53NO9. The number of unbranched alkanes of at least 4 members (excludes halogenated alkanes) is 4. The Morgan fingerprint density at radius 3 is 2.65 bits per heavy atom. The maximum absolute atomic E-state index is 13.2. The third kappa shape index (κ3) is 9.29. The molecular weight excluding hydrogens is 554 g/mol. The molecule has 2 saturated heterocycles. The van der Waals surface area contributed by atoms with Gasteiger partial charge < -0.3 is 38.8 Å². The van der Waals surface area contributed by atoms with E-state index in [1.165, 1.54) is 46.3 Å². The summed E-state index contributed by atoms with van der Waals surface area (Å²) in [6.45, 7) is 8.58. The molecule has 1 amide bonds. The number of Topliss-reactive ketones (excluding diaryl/α,β-unsaturated/α-hetero) is 1. The second-order valence-corrected chi connectivity index (χ2v) is 11.7. The van der Waals surface area contributed by atoms with Crippen LogP contribution >= 0.6 is 0 Å². The van der Waals surface area contributed by atoms with Gasteiger partial charge in [-0.3, -0.25) is 9.59 Å². The smallest absolute Gasteiger partial charge is 0.220 e. The first-order valence-electron chi connectivity index (χ1n) is 15.8. The molecule has 0 saturated carbocycles. The molecule has 3 rings (SSSR count). The number of epoxide rings is 1. The van der Waals surface area contributed by atoms with E-state index in [-0.39, 0.29) is 24.4 Å². The number of aliphatic hydroxyl groups is 1. The van der Waals surface area contributed by atoms with E-state index in [0.717, 1.165) is 12.8 Å². The largest absolute Gasteiger partial charge is 0.387 e. The minimum Gasteiger partial charge on any atom is -0.387 e. The predicted octanol–water partition coefficient (Wildman–Crippen LogP) is 3.95. The van der Waals surface area contributed by atoms with Crippen LogP contribution in [0.5, 0.6) is 0 Å². The van der Waals surface area contributed by atoms with Crippen molar-refractivity contribution >= 4 is 11.7 Å². The van der Waals surface area contributed by atoms with Crippen LogP contribution in [0, 0.1) is 0 Å². The Kier molecular flexibility index (Phi) is 14.5. The summed E-state index contributed by atoms with van der Waals surface area (Å²) in [5.74, 6) is -0.205. The van der Waals surface area contributed by atoms with Gasteiger partial charge in [0.1, 0.15) is 30.5 Å². The van der Waals surface area contributed by atoms with Crippen molar-refractivity contribution < 1.29 is 43.1 Å². The molecule has 2 heterocycles. The highest BCUT2D eigenvalue weighted by Crippen LogP contribution is 2.51. The van der Waals surface area contributed by atoms with Crippen molar-refractivity contribution in [2.75, 3.05) is 34.5 Å². The third-order valence-electron chi connectivity index (χ3n) is 8.68. The second-order valence-electron chi connectivity index (χ2n) is 11.7. The van der Waals surface area contributed by atoms with Gasteiger partial charge in [-0.25, -0.2) is 0 Å². The lowest BCUT2D eigenvalue weighted by molar-refractivity contribution is -0.287. The van der Waals surface area contributed by atoms with Crippen LogP contribution in [0.2, 0.25) is 0 Å². The standard InChI is InChI=1S/C33H53NO9/c1-7-8-9-10-12-15-24(38-4)16-13-11-14-17-27(35)34-19-18-23(3)33-30(37)22(2)20-25(31(33)43-33)42-32-29(40-6)28(36)26(39-5)21-41-32/h11,13,20,24-26,28-29,31-32,36H,3,7-10,12,14-19,21H2,1-2,4-6H3,(H,34,35)/b13-11+/t24-,25+,26-,28+,29-,31-,32+,33+/m0/s1. The number of nitrogens with one attached hydrogen (secondary N) is 1. The van der Waals surface area contributed by atoms with Crippen molar-refractivity contribution in [1.29, 1.82) is 0 Å². The fourth-order valence-corrected chi connectivity index (χ4v) is 5.91. The minimum atomic E-state index is -1.18. The average Bonchev–Trinajstić information content (AvgIpc) is 3.76. The molecule has 2 N–H and O–H groups in total. The second kappa shape index (κ2) is 17.5. The molecule has 0 radical (unpaired) electrons. The van der Waals surface area contributed by atoms with Crippen molar-refractivity contribution in [3.63, 3.8) is 0 Å². The van der Waals surface area contributed by atoms with Gasteiger partial charge in [0.05, 0.1) is 12.7 Å². The molecule has 0 aromatic carbocycles. The molecule has 244 valence electrons. The van der Waals surface area contributed by atoms with Gasteiger partial charge in [0.2, 0.25) is 5.91 Å². The van der Waals surface area contributed by atoms with E-state index in [4.69, 9.17) is 28.4 Å². The van der Waals surface area contributed by atoms with E-state index in [2.05, 4.69) is 24.9 Å². The van der Waals surface area contributed by atoms with Crippen LogP contribution in [0.3, 0.4) is 0 Å². The van der Waals surface area contributed by atoms with Crippen LogP contribution in [0.25, 0.3) is 0 Å². The Balaban J connectivity index is 1.40. The molecule has 43 heavy (non-hydrogen) atoms. The van der Waals surface area contributed by atoms with Crippen LogP contribution in [-0.4, -0.2) is 99.8 Å². The maximum atomic E-state index is 13.2. The van der Waals surface area contributed by atoms with Gasteiger partial charge in [0, 0.05) is 34.3 Å². The Labute approximate surface area is 257 Å². The van der Waals surface area contributed by atoms with E-state index < -0.39 is 42.4 Å². The van der Waals surface area contributed by atoms with Crippen molar-refractivity contribution in [2.45, 2.75) is 127 Å². The fourth-order valence-electron chi connectivity index (χ4n) is 5.91. The molecule has 0 unspecified atom stereocenters. The maximum Gasteiger partial charge on any atom is 0.220 e. The molecule has 0 aromatic rings. The number of carbonyl (C=O) groups is 2. The Morgan fingerprint density at radius 2 is 1.95 bits per heavy atom. The summed E-state index contributed by atoms with van der Waals surface area (Å²) in [6, 6.07) is 0. The van der Waals surface area contributed by atoms with E-state index >= 15 is 0 Å². The van der Waals surface area contributed by atoms with E-state index in [0.29, 0.717) is 37.0 Å². The molecule has 8 atom stereocenters. The Bertz CT molecular complexity index is 981. The summed E-state index contributed by atoms with van der Waals surface area (Å²) < 4.78 is 34.2. The topological polar surface area (TPSA) is 125 Å².